The van der Waals surface area contributed by atoms with E-state index in [0.717, 1.165) is 17.9 Å². The molecule has 0 heterocycles. The molecular weight excluding hydrogens is 206 g/mol. The first-order valence-corrected chi connectivity index (χ1v) is 5.25. The van der Waals surface area contributed by atoms with E-state index in [1.54, 1.807) is 7.11 Å². The number of hydrogen-bond donors (Lipinski definition) is 1. The van der Waals surface area contributed by atoms with Crippen LogP contribution in [-0.2, 0) is 16.1 Å². The van der Waals surface area contributed by atoms with Crippen molar-refractivity contribution in [3.8, 4) is 5.75 Å². The highest BCUT2D eigenvalue weighted by molar-refractivity contribution is 5.71. The number of nitrogens with one attached hydrogen (secondary N) is 1. The summed E-state index contributed by atoms with van der Waals surface area (Å²) >= 11 is 0. The fourth-order valence-corrected chi connectivity index (χ4v) is 1.16. The Labute approximate surface area is 95.6 Å². The van der Waals surface area contributed by atoms with Crippen molar-refractivity contribution in [2.45, 2.75) is 13.5 Å². The van der Waals surface area contributed by atoms with Gasteiger partial charge in [-0.25, -0.2) is 0 Å². The lowest BCUT2D eigenvalue weighted by Crippen LogP contribution is -2.24. The van der Waals surface area contributed by atoms with Crippen molar-refractivity contribution in [2.24, 2.45) is 0 Å². The molecule has 1 aromatic carbocycles. The molecule has 4 heteroatoms. The zero-order chi connectivity index (χ0) is 11.8. The van der Waals surface area contributed by atoms with Gasteiger partial charge in [0.25, 0.3) is 0 Å². The second kappa shape index (κ2) is 6.85. The van der Waals surface area contributed by atoms with E-state index in [1.807, 2.05) is 31.2 Å². The molecule has 0 spiro atoms. The Balaban J connectivity index is 2.33. The predicted octanol–water partition coefficient (Wildman–Crippen LogP) is 1.35. The monoisotopic (exact) mass is 223 g/mol. The molecule has 88 valence electrons. The first kappa shape index (κ1) is 12.5. The summed E-state index contributed by atoms with van der Waals surface area (Å²) in [5.74, 6) is 0.556. The first-order valence-electron chi connectivity index (χ1n) is 5.25. The van der Waals surface area contributed by atoms with Gasteiger partial charge in [0.1, 0.15) is 12.4 Å². The predicted molar refractivity (Wildman–Crippen MR) is 61.3 cm³/mol. The molecule has 4 nitrogen and oxygen atoms in total. The number of hydrogen-bond acceptors (Lipinski definition) is 4. The van der Waals surface area contributed by atoms with Crippen molar-refractivity contribution < 1.29 is 14.3 Å². The standard InChI is InChI=1S/C12H17NO3/c1-3-13-8-12(14)16-9-10-4-6-11(15-2)7-5-10/h4-7,13H,3,8-9H2,1-2H3. The summed E-state index contributed by atoms with van der Waals surface area (Å²) in [6.07, 6.45) is 0. The summed E-state index contributed by atoms with van der Waals surface area (Å²) < 4.78 is 10.1. The summed E-state index contributed by atoms with van der Waals surface area (Å²) in [6.45, 7) is 3.26. The van der Waals surface area contributed by atoms with E-state index in [4.69, 9.17) is 9.47 Å². The zero-order valence-electron chi connectivity index (χ0n) is 9.66. The molecule has 0 saturated heterocycles. The van der Waals surface area contributed by atoms with Crippen LogP contribution in [0.25, 0.3) is 0 Å². The van der Waals surface area contributed by atoms with E-state index < -0.39 is 0 Å². The van der Waals surface area contributed by atoms with Gasteiger partial charge in [-0.05, 0) is 24.2 Å². The molecule has 0 unspecified atom stereocenters. The maximum absolute atomic E-state index is 11.2. The third-order valence-corrected chi connectivity index (χ3v) is 2.08. The van der Waals surface area contributed by atoms with Crippen LogP contribution in [0.1, 0.15) is 12.5 Å². The third-order valence-electron chi connectivity index (χ3n) is 2.08. The summed E-state index contributed by atoms with van der Waals surface area (Å²) in [6, 6.07) is 7.43. The zero-order valence-corrected chi connectivity index (χ0v) is 9.66. The highest BCUT2D eigenvalue weighted by atomic mass is 16.5. The van der Waals surface area contributed by atoms with Gasteiger partial charge in [0.15, 0.2) is 0 Å². The molecule has 0 aromatic heterocycles. The molecule has 0 atom stereocenters. The number of esters is 1. The Morgan fingerprint density at radius 1 is 1.31 bits per heavy atom. The van der Waals surface area contributed by atoms with Crippen LogP contribution in [-0.4, -0.2) is 26.2 Å². The summed E-state index contributed by atoms with van der Waals surface area (Å²) in [4.78, 5) is 11.2. The van der Waals surface area contributed by atoms with E-state index >= 15 is 0 Å². The van der Waals surface area contributed by atoms with E-state index in [0.29, 0.717) is 6.61 Å². The van der Waals surface area contributed by atoms with Gasteiger partial charge in [0.2, 0.25) is 0 Å². The quantitative estimate of drug-likeness (QED) is 0.739. The topological polar surface area (TPSA) is 47.6 Å². The molecule has 0 bridgehead atoms. The first-order chi connectivity index (χ1) is 7.76. The van der Waals surface area contributed by atoms with Crippen LogP contribution in [0.5, 0.6) is 5.75 Å². The number of likely N-dealkylation sites (N-methyl/N-ethyl adjacent to an activating group) is 1. The van der Waals surface area contributed by atoms with Crippen LogP contribution in [0, 0.1) is 0 Å². The van der Waals surface area contributed by atoms with Crippen LogP contribution < -0.4 is 10.1 Å². The largest absolute Gasteiger partial charge is 0.497 e. The molecule has 16 heavy (non-hydrogen) atoms. The van der Waals surface area contributed by atoms with Gasteiger partial charge < -0.3 is 14.8 Å². The van der Waals surface area contributed by atoms with Gasteiger partial charge in [-0.15, -0.1) is 0 Å². The highest BCUT2D eigenvalue weighted by Crippen LogP contribution is 2.11. The fourth-order valence-electron chi connectivity index (χ4n) is 1.16. The molecule has 1 aromatic rings. The number of carbonyl (C=O) groups excluding carboxylic acids is 1. The van der Waals surface area contributed by atoms with Crippen LogP contribution in [0.3, 0.4) is 0 Å². The van der Waals surface area contributed by atoms with Gasteiger partial charge in [-0.3, -0.25) is 4.79 Å². The second-order valence-corrected chi connectivity index (χ2v) is 3.29. The van der Waals surface area contributed by atoms with Crippen LogP contribution in [0.4, 0.5) is 0 Å². The van der Waals surface area contributed by atoms with E-state index in [-0.39, 0.29) is 12.5 Å². The number of rotatable bonds is 6. The van der Waals surface area contributed by atoms with Gasteiger partial charge in [0.05, 0.1) is 13.7 Å². The van der Waals surface area contributed by atoms with Crippen molar-refractivity contribution >= 4 is 5.97 Å². The van der Waals surface area contributed by atoms with Crippen LogP contribution in [0.15, 0.2) is 24.3 Å². The Bertz CT molecular complexity index is 322. The number of ether oxygens (including phenoxy) is 2. The SMILES string of the molecule is CCNCC(=O)OCc1ccc(OC)cc1. The average molecular weight is 223 g/mol. The minimum absolute atomic E-state index is 0.238. The lowest BCUT2D eigenvalue weighted by atomic mass is 10.2. The molecule has 0 amide bonds. The Morgan fingerprint density at radius 2 is 2.00 bits per heavy atom. The van der Waals surface area contributed by atoms with Crippen molar-refractivity contribution in [1.29, 1.82) is 0 Å². The molecule has 0 aliphatic rings. The molecule has 0 fully saturated rings. The number of benzene rings is 1. The average Bonchev–Trinajstić information content (AvgIpc) is 2.34. The third kappa shape index (κ3) is 4.31. The molecule has 0 saturated carbocycles. The Kier molecular flexibility index (Phi) is 5.36. The van der Waals surface area contributed by atoms with Crippen molar-refractivity contribution in [3.05, 3.63) is 29.8 Å². The van der Waals surface area contributed by atoms with Gasteiger partial charge in [-0.1, -0.05) is 19.1 Å². The summed E-state index contributed by atoms with van der Waals surface area (Å²) in [7, 11) is 1.62. The summed E-state index contributed by atoms with van der Waals surface area (Å²) in [5.41, 5.74) is 0.950. The Morgan fingerprint density at radius 3 is 2.56 bits per heavy atom. The normalized spacial score (nSPS) is 9.88. The van der Waals surface area contributed by atoms with Crippen molar-refractivity contribution in [3.63, 3.8) is 0 Å². The van der Waals surface area contributed by atoms with E-state index in [9.17, 15) is 4.79 Å². The van der Waals surface area contributed by atoms with E-state index in [1.165, 1.54) is 0 Å². The Hall–Kier alpha value is -1.55. The molecular formula is C12H17NO3. The van der Waals surface area contributed by atoms with Gasteiger partial charge in [0, 0.05) is 0 Å². The minimum Gasteiger partial charge on any atom is -0.497 e. The van der Waals surface area contributed by atoms with Gasteiger partial charge >= 0.3 is 5.97 Å². The van der Waals surface area contributed by atoms with Crippen molar-refractivity contribution in [2.75, 3.05) is 20.2 Å². The smallest absolute Gasteiger partial charge is 0.320 e. The molecule has 0 aliphatic carbocycles. The molecule has 0 radical (unpaired) electrons. The van der Waals surface area contributed by atoms with Gasteiger partial charge in [-0.2, -0.15) is 0 Å². The van der Waals surface area contributed by atoms with Crippen LogP contribution in [0.2, 0.25) is 0 Å². The second-order valence-electron chi connectivity index (χ2n) is 3.29. The summed E-state index contributed by atoms with van der Waals surface area (Å²) in [5, 5.41) is 2.91. The minimum atomic E-state index is -0.238. The maximum Gasteiger partial charge on any atom is 0.320 e. The maximum atomic E-state index is 11.2. The fraction of sp³-hybridized carbons (Fsp3) is 0.417. The lowest BCUT2D eigenvalue weighted by molar-refractivity contribution is -0.143. The highest BCUT2D eigenvalue weighted by Gasteiger charge is 2.01. The van der Waals surface area contributed by atoms with Crippen LogP contribution >= 0.6 is 0 Å². The lowest BCUT2D eigenvalue weighted by Gasteiger charge is -2.06. The number of carbonyl (C=O) groups is 1. The molecule has 0 aliphatic heterocycles. The number of methoxy groups -OCH3 is 1. The molecule has 1 rings (SSSR count). The van der Waals surface area contributed by atoms with E-state index in [2.05, 4.69) is 5.32 Å². The van der Waals surface area contributed by atoms with Crippen molar-refractivity contribution in [1.82, 2.24) is 5.32 Å². The molecule has 1 N–H and O–H groups in total.